The molecular formula is C13H24O4. The maximum absolute atomic E-state index is 10.8. The summed E-state index contributed by atoms with van der Waals surface area (Å²) in [4.78, 5) is 10.8. The molecule has 1 aliphatic carbocycles. The first kappa shape index (κ1) is 14.5. The van der Waals surface area contributed by atoms with Gasteiger partial charge in [0.15, 0.2) is 0 Å². The second kappa shape index (κ2) is 5.36. The molecule has 0 unspecified atom stereocenters. The third-order valence-electron chi connectivity index (χ3n) is 4.32. The molecule has 0 amide bonds. The molecule has 5 atom stereocenters. The summed E-state index contributed by atoms with van der Waals surface area (Å²) in [7, 11) is 0. The quantitative estimate of drug-likeness (QED) is 0.702. The number of carboxylic acid groups (broad SMARTS) is 1. The fourth-order valence-electron chi connectivity index (χ4n) is 2.85. The predicted molar refractivity (Wildman–Crippen MR) is 64.6 cm³/mol. The van der Waals surface area contributed by atoms with Crippen LogP contribution >= 0.6 is 0 Å². The van der Waals surface area contributed by atoms with E-state index in [0.717, 1.165) is 0 Å². The van der Waals surface area contributed by atoms with E-state index in [9.17, 15) is 15.0 Å². The lowest BCUT2D eigenvalue weighted by atomic mass is 9.67. The molecule has 3 N–H and O–H groups in total. The van der Waals surface area contributed by atoms with Gasteiger partial charge >= 0.3 is 5.97 Å². The first-order valence-electron chi connectivity index (χ1n) is 6.39. The highest BCUT2D eigenvalue weighted by atomic mass is 16.4. The molecule has 0 saturated heterocycles. The molecule has 4 nitrogen and oxygen atoms in total. The number of carboxylic acids is 1. The minimum absolute atomic E-state index is 0.0203. The SMILES string of the molecule is C[C@@H]1[C@@H](O)CC[C@](C)(O)[C@H]1CC[C@@H](C)C(=O)O. The van der Waals surface area contributed by atoms with Gasteiger partial charge in [-0.15, -0.1) is 0 Å². The third-order valence-corrected chi connectivity index (χ3v) is 4.32. The lowest BCUT2D eigenvalue weighted by molar-refractivity contribution is -0.142. The van der Waals surface area contributed by atoms with Crippen molar-refractivity contribution in [2.24, 2.45) is 17.8 Å². The Bertz CT molecular complexity index is 275. The Kier molecular flexibility index (Phi) is 4.55. The van der Waals surface area contributed by atoms with Gasteiger partial charge in [0.05, 0.1) is 17.6 Å². The fraction of sp³-hybridized carbons (Fsp3) is 0.923. The highest BCUT2D eigenvalue weighted by Gasteiger charge is 2.42. The number of aliphatic hydroxyl groups is 2. The van der Waals surface area contributed by atoms with E-state index in [-0.39, 0.29) is 17.9 Å². The predicted octanol–water partition coefficient (Wildman–Crippen LogP) is 1.65. The highest BCUT2D eigenvalue weighted by Crippen LogP contribution is 2.40. The van der Waals surface area contributed by atoms with Crippen molar-refractivity contribution in [3.05, 3.63) is 0 Å². The molecule has 1 rings (SSSR count). The van der Waals surface area contributed by atoms with Crippen molar-refractivity contribution in [2.75, 3.05) is 0 Å². The molecule has 0 bridgehead atoms. The normalized spacial score (nSPS) is 39.9. The summed E-state index contributed by atoms with van der Waals surface area (Å²) in [6.45, 7) is 5.42. The lowest BCUT2D eigenvalue weighted by Crippen LogP contribution is -2.47. The molecule has 4 heteroatoms. The van der Waals surface area contributed by atoms with E-state index in [1.54, 1.807) is 13.8 Å². The monoisotopic (exact) mass is 244 g/mol. The molecule has 0 aliphatic heterocycles. The Morgan fingerprint density at radius 2 is 2.12 bits per heavy atom. The van der Waals surface area contributed by atoms with Gasteiger partial charge in [0.2, 0.25) is 0 Å². The largest absolute Gasteiger partial charge is 0.481 e. The van der Waals surface area contributed by atoms with Gasteiger partial charge in [0.1, 0.15) is 0 Å². The van der Waals surface area contributed by atoms with Crippen LogP contribution in [0.1, 0.15) is 46.5 Å². The number of carbonyl (C=O) groups is 1. The molecule has 0 heterocycles. The summed E-state index contributed by atoms with van der Waals surface area (Å²) in [5, 5.41) is 29.0. The van der Waals surface area contributed by atoms with Crippen molar-refractivity contribution >= 4 is 5.97 Å². The van der Waals surface area contributed by atoms with E-state index in [2.05, 4.69) is 0 Å². The summed E-state index contributed by atoms with van der Waals surface area (Å²) in [5.41, 5.74) is -0.781. The van der Waals surface area contributed by atoms with Gasteiger partial charge < -0.3 is 15.3 Å². The lowest BCUT2D eigenvalue weighted by Gasteiger charge is -2.44. The highest BCUT2D eigenvalue weighted by molar-refractivity contribution is 5.69. The van der Waals surface area contributed by atoms with Crippen LogP contribution in [0.15, 0.2) is 0 Å². The molecule has 0 aromatic rings. The zero-order valence-electron chi connectivity index (χ0n) is 10.9. The van der Waals surface area contributed by atoms with Crippen molar-refractivity contribution in [1.82, 2.24) is 0 Å². The second-order valence-electron chi connectivity index (χ2n) is 5.75. The van der Waals surface area contributed by atoms with E-state index in [0.29, 0.717) is 25.7 Å². The summed E-state index contributed by atoms with van der Waals surface area (Å²) in [5.74, 6) is -1.18. The first-order valence-corrected chi connectivity index (χ1v) is 6.39. The van der Waals surface area contributed by atoms with Gasteiger partial charge in [0, 0.05) is 0 Å². The standard InChI is InChI=1S/C13H24O4/c1-8(12(15)16)4-5-10-9(2)11(14)6-7-13(10,3)17/h8-11,14,17H,4-7H2,1-3H3,(H,15,16)/t8-,9+,10+,11+,13+/m1/s1. The number of aliphatic hydroxyl groups excluding tert-OH is 1. The summed E-state index contributed by atoms with van der Waals surface area (Å²) >= 11 is 0. The maximum Gasteiger partial charge on any atom is 0.306 e. The molecule has 1 aliphatic rings. The average molecular weight is 244 g/mol. The van der Waals surface area contributed by atoms with Crippen LogP contribution in [0.5, 0.6) is 0 Å². The van der Waals surface area contributed by atoms with Crippen LogP contribution in [-0.4, -0.2) is 33.0 Å². The molecule has 0 aromatic heterocycles. The van der Waals surface area contributed by atoms with Crippen molar-refractivity contribution in [2.45, 2.75) is 58.2 Å². The van der Waals surface area contributed by atoms with Gasteiger partial charge in [-0.3, -0.25) is 4.79 Å². The molecule has 1 saturated carbocycles. The van der Waals surface area contributed by atoms with Crippen LogP contribution in [-0.2, 0) is 4.79 Å². The smallest absolute Gasteiger partial charge is 0.306 e. The Labute approximate surface area is 103 Å². The number of hydrogen-bond acceptors (Lipinski definition) is 3. The Morgan fingerprint density at radius 1 is 1.53 bits per heavy atom. The van der Waals surface area contributed by atoms with Crippen LogP contribution < -0.4 is 0 Å². The number of rotatable bonds is 4. The van der Waals surface area contributed by atoms with Crippen molar-refractivity contribution in [3.8, 4) is 0 Å². The van der Waals surface area contributed by atoms with Crippen LogP contribution in [0.4, 0.5) is 0 Å². The van der Waals surface area contributed by atoms with Gasteiger partial charge in [0.25, 0.3) is 0 Å². The van der Waals surface area contributed by atoms with Crippen molar-refractivity contribution in [3.63, 3.8) is 0 Å². The topological polar surface area (TPSA) is 77.8 Å². The van der Waals surface area contributed by atoms with Gasteiger partial charge in [-0.05, 0) is 44.4 Å². The number of hydrogen-bond donors (Lipinski definition) is 3. The Morgan fingerprint density at radius 3 is 2.65 bits per heavy atom. The minimum atomic E-state index is -0.798. The van der Waals surface area contributed by atoms with Crippen molar-refractivity contribution in [1.29, 1.82) is 0 Å². The summed E-state index contributed by atoms with van der Waals surface area (Å²) < 4.78 is 0. The van der Waals surface area contributed by atoms with Crippen LogP contribution in [0.3, 0.4) is 0 Å². The molecule has 1 fully saturated rings. The van der Waals surface area contributed by atoms with Crippen molar-refractivity contribution < 1.29 is 20.1 Å². The number of aliphatic carboxylic acids is 1. The molecule has 0 spiro atoms. The first-order chi connectivity index (χ1) is 7.75. The van der Waals surface area contributed by atoms with E-state index >= 15 is 0 Å². The second-order valence-corrected chi connectivity index (χ2v) is 5.75. The van der Waals surface area contributed by atoms with E-state index in [1.807, 2.05) is 6.92 Å². The summed E-state index contributed by atoms with van der Waals surface area (Å²) in [6, 6.07) is 0. The van der Waals surface area contributed by atoms with Crippen LogP contribution in [0.25, 0.3) is 0 Å². The average Bonchev–Trinajstić information content (AvgIpc) is 2.23. The zero-order chi connectivity index (χ0) is 13.2. The minimum Gasteiger partial charge on any atom is -0.481 e. The molecule has 17 heavy (non-hydrogen) atoms. The van der Waals surface area contributed by atoms with Gasteiger partial charge in [-0.25, -0.2) is 0 Å². The fourth-order valence-corrected chi connectivity index (χ4v) is 2.85. The third kappa shape index (κ3) is 3.42. The van der Waals surface area contributed by atoms with Crippen LogP contribution in [0.2, 0.25) is 0 Å². The van der Waals surface area contributed by atoms with E-state index < -0.39 is 17.5 Å². The molecule has 100 valence electrons. The van der Waals surface area contributed by atoms with E-state index in [1.165, 1.54) is 0 Å². The van der Waals surface area contributed by atoms with E-state index in [4.69, 9.17) is 5.11 Å². The summed E-state index contributed by atoms with van der Waals surface area (Å²) in [6.07, 6.45) is 2.04. The molecular weight excluding hydrogens is 220 g/mol. The Balaban J connectivity index is 2.62. The van der Waals surface area contributed by atoms with Gasteiger partial charge in [-0.2, -0.15) is 0 Å². The Hall–Kier alpha value is -0.610. The van der Waals surface area contributed by atoms with Crippen LogP contribution in [0, 0.1) is 17.8 Å². The van der Waals surface area contributed by atoms with Gasteiger partial charge in [-0.1, -0.05) is 13.8 Å². The maximum atomic E-state index is 10.8. The molecule has 0 aromatic carbocycles. The molecule has 0 radical (unpaired) electrons. The zero-order valence-corrected chi connectivity index (χ0v) is 10.9.